The smallest absolute Gasteiger partial charge is 0.344 e. The number of fused-ring (bicyclic) bond motifs is 1. The van der Waals surface area contributed by atoms with E-state index in [9.17, 15) is 9.18 Å². The van der Waals surface area contributed by atoms with Crippen LogP contribution in [0.3, 0.4) is 0 Å². The highest BCUT2D eigenvalue weighted by atomic mass is 19.1. The number of nitrogens with zero attached hydrogens (tertiary/aromatic N) is 1. The van der Waals surface area contributed by atoms with E-state index in [1.807, 2.05) is 42.5 Å². The van der Waals surface area contributed by atoms with Gasteiger partial charge in [-0.15, -0.1) is 0 Å². The third kappa shape index (κ3) is 4.17. The quantitative estimate of drug-likeness (QED) is 0.454. The van der Waals surface area contributed by atoms with Crippen LogP contribution in [0.25, 0.3) is 22.1 Å². The first kappa shape index (κ1) is 17.7. The van der Waals surface area contributed by atoms with E-state index in [4.69, 9.17) is 14.0 Å². The summed E-state index contributed by atoms with van der Waals surface area (Å²) < 4.78 is 28.8. The van der Waals surface area contributed by atoms with E-state index in [1.165, 1.54) is 12.1 Å². The lowest BCUT2D eigenvalue weighted by Gasteiger charge is -2.07. The van der Waals surface area contributed by atoms with Crippen molar-refractivity contribution in [1.82, 2.24) is 5.16 Å². The van der Waals surface area contributed by atoms with Gasteiger partial charge in [0.2, 0.25) is 0 Å². The normalized spacial score (nSPS) is 10.8. The Morgan fingerprint density at radius 3 is 2.57 bits per heavy atom. The first-order valence-corrected chi connectivity index (χ1v) is 8.66. The molecular weight excluding hydrogens is 361 g/mol. The summed E-state index contributed by atoms with van der Waals surface area (Å²) >= 11 is 0. The van der Waals surface area contributed by atoms with Gasteiger partial charge in [0.1, 0.15) is 23.9 Å². The van der Waals surface area contributed by atoms with Crippen LogP contribution in [0, 0.1) is 5.82 Å². The lowest BCUT2D eigenvalue weighted by Crippen LogP contribution is -2.14. The molecule has 0 aliphatic heterocycles. The summed E-state index contributed by atoms with van der Waals surface area (Å²) in [5, 5.41) is 5.98. The standard InChI is InChI=1S/C22H16FNO4/c23-18-8-5-16(6-9-18)21-12-19(24-28-21)13-27-22(25)14-26-20-10-7-15-3-1-2-4-17(15)11-20/h1-12H,13-14H2. The van der Waals surface area contributed by atoms with Crippen LogP contribution in [0.5, 0.6) is 5.75 Å². The second-order valence-electron chi connectivity index (χ2n) is 6.15. The fourth-order valence-electron chi connectivity index (χ4n) is 2.73. The Bertz CT molecular complexity index is 1100. The number of hydrogen-bond acceptors (Lipinski definition) is 5. The number of carbonyl (C=O) groups excluding carboxylic acids is 1. The lowest BCUT2D eigenvalue weighted by atomic mass is 10.1. The van der Waals surface area contributed by atoms with Gasteiger partial charge in [-0.1, -0.05) is 35.5 Å². The lowest BCUT2D eigenvalue weighted by molar-refractivity contribution is -0.147. The van der Waals surface area contributed by atoms with Crippen LogP contribution in [0.2, 0.25) is 0 Å². The first-order valence-electron chi connectivity index (χ1n) is 8.66. The molecule has 0 saturated carbocycles. The van der Waals surface area contributed by atoms with E-state index in [-0.39, 0.29) is 19.0 Å². The van der Waals surface area contributed by atoms with E-state index < -0.39 is 5.97 Å². The molecule has 0 radical (unpaired) electrons. The van der Waals surface area contributed by atoms with Crippen LogP contribution in [-0.4, -0.2) is 17.7 Å². The van der Waals surface area contributed by atoms with Gasteiger partial charge in [-0.05, 0) is 47.2 Å². The number of benzene rings is 3. The molecule has 4 rings (SSSR count). The minimum Gasteiger partial charge on any atom is -0.482 e. The molecule has 0 spiro atoms. The Hall–Kier alpha value is -3.67. The molecule has 6 heteroatoms. The zero-order chi connectivity index (χ0) is 19.3. The SMILES string of the molecule is O=C(COc1ccc2ccccc2c1)OCc1cc(-c2ccc(F)cc2)on1. The summed E-state index contributed by atoms with van der Waals surface area (Å²) in [5.41, 5.74) is 1.14. The molecule has 3 aromatic carbocycles. The summed E-state index contributed by atoms with van der Waals surface area (Å²) in [4.78, 5) is 11.9. The predicted octanol–water partition coefficient (Wildman–Crippen LogP) is 4.76. The van der Waals surface area contributed by atoms with Crippen molar-refractivity contribution in [2.24, 2.45) is 0 Å². The number of hydrogen-bond donors (Lipinski definition) is 0. The fourth-order valence-corrected chi connectivity index (χ4v) is 2.73. The summed E-state index contributed by atoms with van der Waals surface area (Å²) in [6.07, 6.45) is 0. The van der Waals surface area contributed by atoms with Crippen molar-refractivity contribution in [3.05, 3.63) is 84.3 Å². The third-order valence-corrected chi connectivity index (χ3v) is 4.15. The highest BCUT2D eigenvalue weighted by Crippen LogP contribution is 2.22. The Morgan fingerprint density at radius 1 is 0.964 bits per heavy atom. The van der Waals surface area contributed by atoms with Crippen molar-refractivity contribution in [2.75, 3.05) is 6.61 Å². The Balaban J connectivity index is 1.30. The third-order valence-electron chi connectivity index (χ3n) is 4.15. The Labute approximate surface area is 160 Å². The predicted molar refractivity (Wildman–Crippen MR) is 101 cm³/mol. The summed E-state index contributed by atoms with van der Waals surface area (Å²) in [6.45, 7) is -0.244. The van der Waals surface area contributed by atoms with E-state index in [2.05, 4.69) is 5.16 Å². The number of carbonyl (C=O) groups is 1. The Kier molecular flexibility index (Phi) is 5.01. The van der Waals surface area contributed by atoms with Crippen molar-refractivity contribution >= 4 is 16.7 Å². The minimum absolute atomic E-state index is 0.0371. The monoisotopic (exact) mass is 377 g/mol. The van der Waals surface area contributed by atoms with Gasteiger partial charge in [0, 0.05) is 11.6 Å². The van der Waals surface area contributed by atoms with Gasteiger partial charge in [-0.3, -0.25) is 0 Å². The van der Waals surface area contributed by atoms with Crippen molar-refractivity contribution in [3.63, 3.8) is 0 Å². The maximum atomic E-state index is 13.0. The molecule has 1 heterocycles. The molecular formula is C22H16FNO4. The average molecular weight is 377 g/mol. The molecule has 5 nitrogen and oxygen atoms in total. The Morgan fingerprint density at radius 2 is 1.75 bits per heavy atom. The van der Waals surface area contributed by atoms with Gasteiger partial charge in [0.25, 0.3) is 0 Å². The number of rotatable bonds is 6. The van der Waals surface area contributed by atoms with Gasteiger partial charge in [-0.2, -0.15) is 0 Å². The molecule has 0 atom stereocenters. The second-order valence-corrected chi connectivity index (χ2v) is 6.15. The van der Waals surface area contributed by atoms with Gasteiger partial charge in [-0.25, -0.2) is 9.18 Å². The van der Waals surface area contributed by atoms with Gasteiger partial charge in [0.05, 0.1) is 0 Å². The summed E-state index contributed by atoms with van der Waals surface area (Å²) in [7, 11) is 0. The van der Waals surface area contributed by atoms with Crippen LogP contribution in [0.15, 0.2) is 77.3 Å². The van der Waals surface area contributed by atoms with Gasteiger partial charge >= 0.3 is 5.97 Å². The molecule has 140 valence electrons. The van der Waals surface area contributed by atoms with Crippen molar-refractivity contribution in [3.8, 4) is 17.1 Å². The van der Waals surface area contributed by atoms with E-state index in [1.54, 1.807) is 18.2 Å². The van der Waals surface area contributed by atoms with E-state index in [0.717, 1.165) is 10.8 Å². The molecule has 0 saturated heterocycles. The maximum Gasteiger partial charge on any atom is 0.344 e. The van der Waals surface area contributed by atoms with Crippen LogP contribution in [0.1, 0.15) is 5.69 Å². The molecule has 0 aliphatic rings. The maximum absolute atomic E-state index is 13.0. The van der Waals surface area contributed by atoms with Crippen molar-refractivity contribution in [1.29, 1.82) is 0 Å². The molecule has 0 N–H and O–H groups in total. The van der Waals surface area contributed by atoms with Crippen LogP contribution >= 0.6 is 0 Å². The van der Waals surface area contributed by atoms with Crippen LogP contribution in [0.4, 0.5) is 4.39 Å². The molecule has 0 fully saturated rings. The summed E-state index contributed by atoms with van der Waals surface area (Å²) in [5.74, 6) is 0.220. The molecule has 0 bridgehead atoms. The zero-order valence-corrected chi connectivity index (χ0v) is 14.8. The largest absolute Gasteiger partial charge is 0.482 e. The minimum atomic E-state index is -0.514. The summed E-state index contributed by atoms with van der Waals surface area (Å²) in [6, 6.07) is 21.0. The second kappa shape index (κ2) is 7.92. The zero-order valence-electron chi connectivity index (χ0n) is 14.8. The van der Waals surface area contributed by atoms with Gasteiger partial charge in [0.15, 0.2) is 12.4 Å². The average Bonchev–Trinajstić information content (AvgIpc) is 3.20. The molecule has 4 aromatic rings. The van der Waals surface area contributed by atoms with Crippen LogP contribution < -0.4 is 4.74 Å². The van der Waals surface area contributed by atoms with Gasteiger partial charge < -0.3 is 14.0 Å². The topological polar surface area (TPSA) is 61.6 Å². The van der Waals surface area contributed by atoms with Crippen molar-refractivity contribution < 1.29 is 23.2 Å². The van der Waals surface area contributed by atoms with Crippen molar-refractivity contribution in [2.45, 2.75) is 6.61 Å². The van der Waals surface area contributed by atoms with E-state index in [0.29, 0.717) is 22.8 Å². The highest BCUT2D eigenvalue weighted by Gasteiger charge is 2.10. The highest BCUT2D eigenvalue weighted by molar-refractivity contribution is 5.83. The van der Waals surface area contributed by atoms with E-state index >= 15 is 0 Å². The molecule has 28 heavy (non-hydrogen) atoms. The number of ether oxygens (including phenoxy) is 2. The number of halogens is 1. The van der Waals surface area contributed by atoms with Crippen LogP contribution in [-0.2, 0) is 16.1 Å². The molecule has 0 unspecified atom stereocenters. The molecule has 0 aliphatic carbocycles. The molecule has 1 aromatic heterocycles. The number of esters is 1. The first-order chi connectivity index (χ1) is 13.7. The molecule has 0 amide bonds. The number of aromatic nitrogens is 1. The fraction of sp³-hybridized carbons (Fsp3) is 0.0909.